The van der Waals surface area contributed by atoms with Gasteiger partial charge in [-0.15, -0.1) is 11.3 Å². The number of nitrogens with one attached hydrogen (secondary N) is 1. The van der Waals surface area contributed by atoms with Gasteiger partial charge in [-0.2, -0.15) is 0 Å². The summed E-state index contributed by atoms with van der Waals surface area (Å²) in [6, 6.07) is 0.115. The standard InChI is InChI=1S/C16H23N5OS/c1-4-20-7-8-21(9-14(20)15-17-5-6-19(15)3)16(22)18-13-11-23-10-12(13)2/h5-6,10-11,14H,4,7-9H2,1-3H3,(H,18,22). The van der Waals surface area contributed by atoms with Crippen molar-refractivity contribution in [3.63, 3.8) is 0 Å². The Morgan fingerprint density at radius 1 is 1.43 bits per heavy atom. The lowest BCUT2D eigenvalue weighted by atomic mass is 10.1. The molecule has 0 saturated carbocycles. The van der Waals surface area contributed by atoms with Crippen LogP contribution in [-0.4, -0.2) is 51.6 Å². The van der Waals surface area contributed by atoms with Crippen LogP contribution in [0.1, 0.15) is 24.4 Å². The number of piperazine rings is 1. The van der Waals surface area contributed by atoms with Crippen molar-refractivity contribution in [1.29, 1.82) is 0 Å². The highest BCUT2D eigenvalue weighted by Crippen LogP contribution is 2.25. The van der Waals surface area contributed by atoms with Crippen LogP contribution in [0.15, 0.2) is 23.2 Å². The topological polar surface area (TPSA) is 53.4 Å². The third-order valence-corrected chi connectivity index (χ3v) is 5.30. The van der Waals surface area contributed by atoms with Gasteiger partial charge in [0.2, 0.25) is 0 Å². The number of aryl methyl sites for hydroxylation is 2. The Morgan fingerprint density at radius 3 is 2.87 bits per heavy atom. The second-order valence-electron chi connectivity index (χ2n) is 5.89. The van der Waals surface area contributed by atoms with E-state index in [9.17, 15) is 4.79 Å². The molecule has 1 aliphatic rings. The van der Waals surface area contributed by atoms with E-state index in [0.717, 1.165) is 36.7 Å². The molecule has 1 aliphatic heterocycles. The van der Waals surface area contributed by atoms with Crippen molar-refractivity contribution in [3.8, 4) is 0 Å². The van der Waals surface area contributed by atoms with Gasteiger partial charge < -0.3 is 14.8 Å². The lowest BCUT2D eigenvalue weighted by Gasteiger charge is -2.40. The molecule has 7 heteroatoms. The smallest absolute Gasteiger partial charge is 0.321 e. The molecule has 0 spiro atoms. The summed E-state index contributed by atoms with van der Waals surface area (Å²) in [5.74, 6) is 1.01. The van der Waals surface area contributed by atoms with Crippen LogP contribution in [0.5, 0.6) is 0 Å². The summed E-state index contributed by atoms with van der Waals surface area (Å²) in [5, 5.41) is 7.05. The summed E-state index contributed by atoms with van der Waals surface area (Å²) >= 11 is 1.60. The summed E-state index contributed by atoms with van der Waals surface area (Å²) in [4.78, 5) is 21.3. The van der Waals surface area contributed by atoms with Crippen molar-refractivity contribution in [2.24, 2.45) is 7.05 Å². The zero-order valence-corrected chi connectivity index (χ0v) is 14.6. The van der Waals surface area contributed by atoms with Gasteiger partial charge in [0.1, 0.15) is 5.82 Å². The van der Waals surface area contributed by atoms with E-state index in [-0.39, 0.29) is 12.1 Å². The molecule has 1 N–H and O–H groups in total. The normalized spacial score (nSPS) is 19.1. The van der Waals surface area contributed by atoms with E-state index in [1.165, 1.54) is 0 Å². The Balaban J connectivity index is 1.73. The molecule has 1 atom stereocenters. The summed E-state index contributed by atoms with van der Waals surface area (Å²) in [6.45, 7) is 7.39. The monoisotopic (exact) mass is 333 g/mol. The number of carbonyl (C=O) groups excluding carboxylic acids is 1. The molecule has 1 saturated heterocycles. The maximum Gasteiger partial charge on any atom is 0.321 e. The molecule has 3 heterocycles. The first-order valence-electron chi connectivity index (χ1n) is 7.90. The van der Waals surface area contributed by atoms with Crippen LogP contribution >= 0.6 is 11.3 Å². The molecule has 0 aliphatic carbocycles. The highest BCUT2D eigenvalue weighted by atomic mass is 32.1. The van der Waals surface area contributed by atoms with Gasteiger partial charge in [-0.05, 0) is 24.4 Å². The number of imidazole rings is 1. The van der Waals surface area contributed by atoms with E-state index in [1.54, 1.807) is 11.3 Å². The highest BCUT2D eigenvalue weighted by Gasteiger charge is 2.32. The summed E-state index contributed by atoms with van der Waals surface area (Å²) in [5.41, 5.74) is 2.02. The quantitative estimate of drug-likeness (QED) is 0.939. The van der Waals surface area contributed by atoms with Crippen molar-refractivity contribution < 1.29 is 4.79 Å². The average Bonchev–Trinajstić information content (AvgIpc) is 3.15. The van der Waals surface area contributed by atoms with E-state index in [0.29, 0.717) is 6.54 Å². The number of likely N-dealkylation sites (N-methyl/N-ethyl adjacent to an activating group) is 1. The number of carbonyl (C=O) groups is 1. The number of hydrogen-bond acceptors (Lipinski definition) is 4. The Bertz CT molecular complexity index is 680. The number of anilines is 1. The van der Waals surface area contributed by atoms with Crippen LogP contribution in [0.4, 0.5) is 10.5 Å². The number of amides is 2. The Labute approximate surface area is 140 Å². The van der Waals surface area contributed by atoms with Crippen LogP contribution < -0.4 is 5.32 Å². The minimum Gasteiger partial charge on any atom is -0.337 e. The van der Waals surface area contributed by atoms with Gasteiger partial charge in [0, 0.05) is 44.5 Å². The third-order valence-electron chi connectivity index (χ3n) is 4.44. The van der Waals surface area contributed by atoms with Crippen molar-refractivity contribution >= 4 is 23.1 Å². The minimum absolute atomic E-state index is 0.0264. The van der Waals surface area contributed by atoms with Gasteiger partial charge in [0.15, 0.2) is 0 Å². The Morgan fingerprint density at radius 2 is 2.26 bits per heavy atom. The second kappa shape index (κ2) is 6.72. The first-order chi connectivity index (χ1) is 11.1. The molecule has 2 amide bonds. The van der Waals surface area contributed by atoms with Gasteiger partial charge >= 0.3 is 6.03 Å². The van der Waals surface area contributed by atoms with Crippen molar-refractivity contribution in [2.45, 2.75) is 19.9 Å². The number of urea groups is 1. The molecule has 0 bridgehead atoms. The van der Waals surface area contributed by atoms with Gasteiger partial charge in [0.05, 0.1) is 11.7 Å². The molecule has 1 unspecified atom stereocenters. The highest BCUT2D eigenvalue weighted by molar-refractivity contribution is 7.08. The third kappa shape index (κ3) is 3.25. The largest absolute Gasteiger partial charge is 0.337 e. The molecule has 6 nitrogen and oxygen atoms in total. The predicted octanol–water partition coefficient (Wildman–Crippen LogP) is 2.70. The molecular weight excluding hydrogens is 310 g/mol. The van der Waals surface area contributed by atoms with E-state index >= 15 is 0 Å². The predicted molar refractivity (Wildman–Crippen MR) is 92.8 cm³/mol. The molecule has 0 aromatic carbocycles. The lowest BCUT2D eigenvalue weighted by Crippen LogP contribution is -2.52. The summed E-state index contributed by atoms with van der Waals surface area (Å²) in [6.07, 6.45) is 3.77. The lowest BCUT2D eigenvalue weighted by molar-refractivity contribution is 0.0927. The number of rotatable bonds is 3. The zero-order chi connectivity index (χ0) is 16.4. The minimum atomic E-state index is -0.0264. The van der Waals surface area contributed by atoms with Crippen molar-refractivity contribution in [2.75, 3.05) is 31.5 Å². The number of hydrogen-bond donors (Lipinski definition) is 1. The fraction of sp³-hybridized carbons (Fsp3) is 0.500. The maximum absolute atomic E-state index is 12.6. The van der Waals surface area contributed by atoms with E-state index < -0.39 is 0 Å². The number of nitrogens with zero attached hydrogens (tertiary/aromatic N) is 4. The van der Waals surface area contributed by atoms with Crippen LogP contribution in [0, 0.1) is 6.92 Å². The number of thiophene rings is 1. The fourth-order valence-electron chi connectivity index (χ4n) is 3.01. The van der Waals surface area contributed by atoms with Gasteiger partial charge in [-0.25, -0.2) is 9.78 Å². The summed E-state index contributed by atoms with van der Waals surface area (Å²) < 4.78 is 2.04. The molecule has 124 valence electrons. The first-order valence-corrected chi connectivity index (χ1v) is 8.84. The fourth-order valence-corrected chi connectivity index (χ4v) is 3.79. The molecular formula is C16H23N5OS. The second-order valence-corrected chi connectivity index (χ2v) is 6.63. The average molecular weight is 333 g/mol. The molecule has 23 heavy (non-hydrogen) atoms. The zero-order valence-electron chi connectivity index (χ0n) is 13.8. The molecule has 2 aromatic heterocycles. The SMILES string of the molecule is CCN1CCN(C(=O)Nc2cscc2C)CC1c1nccn1C. The van der Waals surface area contributed by atoms with Gasteiger partial charge in [0.25, 0.3) is 0 Å². The van der Waals surface area contributed by atoms with Crippen molar-refractivity contribution in [3.05, 3.63) is 34.5 Å². The summed E-state index contributed by atoms with van der Waals surface area (Å²) in [7, 11) is 2.00. The Kier molecular flexibility index (Phi) is 4.68. The van der Waals surface area contributed by atoms with E-state index in [4.69, 9.17) is 0 Å². The molecule has 3 rings (SSSR count). The van der Waals surface area contributed by atoms with Crippen LogP contribution in [0.2, 0.25) is 0 Å². The van der Waals surface area contributed by atoms with Crippen LogP contribution in [0.3, 0.4) is 0 Å². The van der Waals surface area contributed by atoms with Crippen LogP contribution in [-0.2, 0) is 7.05 Å². The maximum atomic E-state index is 12.6. The molecule has 1 fully saturated rings. The Hall–Kier alpha value is -1.86. The molecule has 0 radical (unpaired) electrons. The first kappa shape index (κ1) is 16.0. The van der Waals surface area contributed by atoms with Gasteiger partial charge in [-0.3, -0.25) is 4.90 Å². The van der Waals surface area contributed by atoms with E-state index in [1.807, 2.05) is 46.6 Å². The van der Waals surface area contributed by atoms with E-state index in [2.05, 4.69) is 22.1 Å². The van der Waals surface area contributed by atoms with Gasteiger partial charge in [-0.1, -0.05) is 6.92 Å². The number of aromatic nitrogens is 2. The van der Waals surface area contributed by atoms with Crippen LogP contribution in [0.25, 0.3) is 0 Å². The van der Waals surface area contributed by atoms with Crippen molar-refractivity contribution in [1.82, 2.24) is 19.4 Å². The molecule has 2 aromatic rings.